The molecule has 0 aliphatic heterocycles. The summed E-state index contributed by atoms with van der Waals surface area (Å²) in [5, 5.41) is 3.36. The standard InChI is InChI=1S/C16H21N3/c1-4-17-12-14-8-6-10-18-16(14)19(3)15-9-5-7-13(2)11-15/h5-11,17H,4,12H2,1-3H3. The number of nitrogens with zero attached hydrogens (tertiary/aromatic N) is 2. The maximum absolute atomic E-state index is 4.52. The van der Waals surface area contributed by atoms with E-state index < -0.39 is 0 Å². The van der Waals surface area contributed by atoms with Crippen molar-refractivity contribution in [3.05, 3.63) is 53.7 Å². The van der Waals surface area contributed by atoms with Gasteiger partial charge in [-0.15, -0.1) is 0 Å². The van der Waals surface area contributed by atoms with Crippen molar-refractivity contribution in [1.29, 1.82) is 0 Å². The van der Waals surface area contributed by atoms with E-state index in [0.29, 0.717) is 0 Å². The third-order valence-electron chi connectivity index (χ3n) is 3.14. The van der Waals surface area contributed by atoms with Crippen molar-refractivity contribution in [2.75, 3.05) is 18.5 Å². The predicted octanol–water partition coefficient (Wildman–Crippen LogP) is 3.27. The van der Waals surface area contributed by atoms with Crippen LogP contribution in [-0.2, 0) is 6.54 Å². The minimum absolute atomic E-state index is 0.843. The lowest BCUT2D eigenvalue weighted by Crippen LogP contribution is -2.18. The summed E-state index contributed by atoms with van der Waals surface area (Å²) in [4.78, 5) is 6.66. The smallest absolute Gasteiger partial charge is 0.137 e. The Hall–Kier alpha value is -1.87. The van der Waals surface area contributed by atoms with Crippen molar-refractivity contribution in [1.82, 2.24) is 10.3 Å². The average Bonchev–Trinajstić information content (AvgIpc) is 2.44. The summed E-state index contributed by atoms with van der Waals surface area (Å²) in [6.45, 7) is 6.02. The number of rotatable bonds is 5. The highest BCUT2D eigenvalue weighted by molar-refractivity contribution is 5.62. The molecule has 1 aromatic carbocycles. The molecule has 0 saturated carbocycles. The zero-order valence-electron chi connectivity index (χ0n) is 11.9. The molecular weight excluding hydrogens is 234 g/mol. The maximum atomic E-state index is 4.52. The van der Waals surface area contributed by atoms with E-state index in [1.54, 1.807) is 0 Å². The molecule has 0 amide bonds. The Morgan fingerprint density at radius 2 is 2.05 bits per heavy atom. The molecule has 1 heterocycles. The summed E-state index contributed by atoms with van der Waals surface area (Å²) >= 11 is 0. The van der Waals surface area contributed by atoms with Crippen LogP contribution in [0.25, 0.3) is 0 Å². The molecule has 0 atom stereocenters. The van der Waals surface area contributed by atoms with Gasteiger partial charge in [0, 0.05) is 31.0 Å². The van der Waals surface area contributed by atoms with Crippen LogP contribution in [0.4, 0.5) is 11.5 Å². The number of aromatic nitrogens is 1. The monoisotopic (exact) mass is 255 g/mol. The second-order valence-electron chi connectivity index (χ2n) is 4.66. The molecule has 2 aromatic rings. The van der Waals surface area contributed by atoms with Gasteiger partial charge in [-0.2, -0.15) is 0 Å². The van der Waals surface area contributed by atoms with Crippen molar-refractivity contribution in [3.63, 3.8) is 0 Å². The summed E-state index contributed by atoms with van der Waals surface area (Å²) in [6, 6.07) is 12.6. The summed E-state index contributed by atoms with van der Waals surface area (Å²) in [7, 11) is 2.06. The molecule has 1 N–H and O–H groups in total. The van der Waals surface area contributed by atoms with E-state index >= 15 is 0 Å². The summed E-state index contributed by atoms with van der Waals surface area (Å²) in [5.41, 5.74) is 3.64. The van der Waals surface area contributed by atoms with E-state index in [1.165, 1.54) is 11.1 Å². The fourth-order valence-corrected chi connectivity index (χ4v) is 2.09. The lowest BCUT2D eigenvalue weighted by atomic mass is 10.2. The fourth-order valence-electron chi connectivity index (χ4n) is 2.09. The summed E-state index contributed by atoms with van der Waals surface area (Å²) < 4.78 is 0. The van der Waals surface area contributed by atoms with Crippen molar-refractivity contribution in [2.24, 2.45) is 0 Å². The van der Waals surface area contributed by atoms with E-state index in [4.69, 9.17) is 0 Å². The number of hydrogen-bond donors (Lipinski definition) is 1. The van der Waals surface area contributed by atoms with Crippen LogP contribution < -0.4 is 10.2 Å². The second kappa shape index (κ2) is 6.34. The molecule has 0 saturated heterocycles. The molecule has 0 spiro atoms. The van der Waals surface area contributed by atoms with Crippen LogP contribution in [-0.4, -0.2) is 18.6 Å². The Morgan fingerprint density at radius 1 is 1.21 bits per heavy atom. The quantitative estimate of drug-likeness (QED) is 0.888. The van der Waals surface area contributed by atoms with Gasteiger partial charge >= 0.3 is 0 Å². The van der Waals surface area contributed by atoms with Gasteiger partial charge in [0.25, 0.3) is 0 Å². The van der Waals surface area contributed by atoms with Gasteiger partial charge in [-0.25, -0.2) is 4.98 Å². The molecular formula is C16H21N3. The third kappa shape index (κ3) is 3.32. The van der Waals surface area contributed by atoms with Crippen LogP contribution in [0.1, 0.15) is 18.1 Å². The highest BCUT2D eigenvalue weighted by Crippen LogP contribution is 2.25. The van der Waals surface area contributed by atoms with Gasteiger partial charge in [0.15, 0.2) is 0 Å². The van der Waals surface area contributed by atoms with Crippen LogP contribution in [0.5, 0.6) is 0 Å². The van der Waals surface area contributed by atoms with Crippen LogP contribution in [0.2, 0.25) is 0 Å². The van der Waals surface area contributed by atoms with Crippen molar-refractivity contribution in [3.8, 4) is 0 Å². The molecule has 100 valence electrons. The fraction of sp³-hybridized carbons (Fsp3) is 0.312. The molecule has 19 heavy (non-hydrogen) atoms. The molecule has 2 rings (SSSR count). The average molecular weight is 255 g/mol. The minimum atomic E-state index is 0.843. The van der Waals surface area contributed by atoms with Crippen molar-refractivity contribution >= 4 is 11.5 Å². The predicted molar refractivity (Wildman–Crippen MR) is 80.9 cm³/mol. The van der Waals surface area contributed by atoms with Crippen molar-refractivity contribution < 1.29 is 0 Å². The maximum Gasteiger partial charge on any atom is 0.137 e. The Bertz CT molecular complexity index is 537. The van der Waals surface area contributed by atoms with E-state index in [0.717, 1.165) is 24.6 Å². The molecule has 1 aromatic heterocycles. The molecule has 0 aliphatic carbocycles. The largest absolute Gasteiger partial charge is 0.329 e. The molecule has 0 aliphatic rings. The van der Waals surface area contributed by atoms with Crippen LogP contribution in [0.3, 0.4) is 0 Å². The Balaban J connectivity index is 2.30. The summed E-state index contributed by atoms with van der Waals surface area (Å²) in [6.07, 6.45) is 1.84. The number of anilines is 2. The van der Waals surface area contributed by atoms with Gasteiger partial charge in [0.1, 0.15) is 5.82 Å². The lowest BCUT2D eigenvalue weighted by molar-refractivity contribution is 0.723. The number of benzene rings is 1. The van der Waals surface area contributed by atoms with Crippen molar-refractivity contribution in [2.45, 2.75) is 20.4 Å². The van der Waals surface area contributed by atoms with Gasteiger partial charge < -0.3 is 10.2 Å². The van der Waals surface area contributed by atoms with Crippen LogP contribution in [0, 0.1) is 6.92 Å². The first-order chi connectivity index (χ1) is 9.22. The Morgan fingerprint density at radius 3 is 2.79 bits per heavy atom. The highest BCUT2D eigenvalue weighted by Gasteiger charge is 2.10. The van der Waals surface area contributed by atoms with Crippen LogP contribution >= 0.6 is 0 Å². The first-order valence-corrected chi connectivity index (χ1v) is 6.67. The number of pyridine rings is 1. The normalized spacial score (nSPS) is 10.5. The molecule has 0 unspecified atom stereocenters. The second-order valence-corrected chi connectivity index (χ2v) is 4.66. The number of hydrogen-bond acceptors (Lipinski definition) is 3. The molecule has 3 nitrogen and oxygen atoms in total. The van der Waals surface area contributed by atoms with E-state index in [9.17, 15) is 0 Å². The SMILES string of the molecule is CCNCc1cccnc1N(C)c1cccc(C)c1. The Labute approximate surface area is 115 Å². The molecule has 0 radical (unpaired) electrons. The van der Waals surface area contributed by atoms with E-state index in [-0.39, 0.29) is 0 Å². The minimum Gasteiger partial charge on any atom is -0.329 e. The zero-order chi connectivity index (χ0) is 13.7. The lowest BCUT2D eigenvalue weighted by Gasteiger charge is -2.21. The van der Waals surface area contributed by atoms with E-state index in [1.807, 2.05) is 12.3 Å². The van der Waals surface area contributed by atoms with Crippen LogP contribution in [0.15, 0.2) is 42.6 Å². The van der Waals surface area contributed by atoms with Gasteiger partial charge in [0.05, 0.1) is 0 Å². The number of aryl methyl sites for hydroxylation is 1. The summed E-state index contributed by atoms with van der Waals surface area (Å²) in [5.74, 6) is 1.01. The topological polar surface area (TPSA) is 28.2 Å². The molecule has 0 bridgehead atoms. The zero-order valence-corrected chi connectivity index (χ0v) is 11.9. The van der Waals surface area contributed by atoms with Gasteiger partial charge in [-0.1, -0.05) is 25.1 Å². The van der Waals surface area contributed by atoms with Gasteiger partial charge in [-0.05, 0) is 37.2 Å². The first kappa shape index (κ1) is 13.6. The molecule has 3 heteroatoms. The Kier molecular flexibility index (Phi) is 4.53. The number of nitrogens with one attached hydrogen (secondary N) is 1. The van der Waals surface area contributed by atoms with Gasteiger partial charge in [0.2, 0.25) is 0 Å². The van der Waals surface area contributed by atoms with E-state index in [2.05, 4.69) is 66.4 Å². The first-order valence-electron chi connectivity index (χ1n) is 6.67. The molecule has 0 fully saturated rings. The highest BCUT2D eigenvalue weighted by atomic mass is 15.2. The third-order valence-corrected chi connectivity index (χ3v) is 3.14. The van der Waals surface area contributed by atoms with Gasteiger partial charge in [-0.3, -0.25) is 0 Å².